The van der Waals surface area contributed by atoms with Crippen LogP contribution in [0, 0.1) is 0 Å². The number of benzene rings is 1. The summed E-state index contributed by atoms with van der Waals surface area (Å²) in [5.41, 5.74) is 0.249. The third kappa shape index (κ3) is 3.90. The number of ether oxygens (including phenoxy) is 2. The lowest BCUT2D eigenvalue weighted by Gasteiger charge is -2.24. The van der Waals surface area contributed by atoms with Gasteiger partial charge in [-0.15, -0.1) is 0 Å². The smallest absolute Gasteiger partial charge is 0.410 e. The van der Waals surface area contributed by atoms with Crippen LogP contribution in [-0.4, -0.2) is 40.9 Å². The molecule has 0 unspecified atom stereocenters. The molecule has 1 N–H and O–H groups in total. The SMILES string of the molecule is C=C1CN(C(=O)OC(C)(C)C)C[C@@H]1Oc1ccccc1O. The maximum Gasteiger partial charge on any atom is 0.410 e. The van der Waals surface area contributed by atoms with E-state index in [-0.39, 0.29) is 17.9 Å². The first-order chi connectivity index (χ1) is 9.76. The molecule has 114 valence electrons. The van der Waals surface area contributed by atoms with Crippen molar-refractivity contribution in [2.24, 2.45) is 0 Å². The third-order valence-corrected chi connectivity index (χ3v) is 3.02. The number of amides is 1. The van der Waals surface area contributed by atoms with E-state index < -0.39 is 5.60 Å². The maximum absolute atomic E-state index is 12.0. The molecule has 1 aromatic rings. The van der Waals surface area contributed by atoms with Crippen molar-refractivity contribution in [1.82, 2.24) is 4.90 Å². The summed E-state index contributed by atoms with van der Waals surface area (Å²) in [6, 6.07) is 6.73. The molecule has 1 aliphatic rings. The first kappa shape index (κ1) is 15.2. The van der Waals surface area contributed by atoms with Gasteiger partial charge in [0.25, 0.3) is 0 Å². The zero-order valence-corrected chi connectivity index (χ0v) is 12.6. The van der Waals surface area contributed by atoms with E-state index in [0.29, 0.717) is 18.8 Å². The van der Waals surface area contributed by atoms with Crippen molar-refractivity contribution >= 4 is 6.09 Å². The topological polar surface area (TPSA) is 59.0 Å². The largest absolute Gasteiger partial charge is 0.504 e. The summed E-state index contributed by atoms with van der Waals surface area (Å²) < 4.78 is 11.1. The Hall–Kier alpha value is -2.17. The Kier molecular flexibility index (Phi) is 4.11. The highest BCUT2D eigenvalue weighted by Crippen LogP contribution is 2.29. The van der Waals surface area contributed by atoms with Crippen LogP contribution in [0.1, 0.15) is 20.8 Å². The van der Waals surface area contributed by atoms with Gasteiger partial charge in [-0.3, -0.25) is 0 Å². The van der Waals surface area contributed by atoms with Gasteiger partial charge in [0.15, 0.2) is 11.5 Å². The molecule has 0 radical (unpaired) electrons. The molecule has 1 heterocycles. The molecule has 1 aliphatic heterocycles. The van der Waals surface area contributed by atoms with E-state index in [1.54, 1.807) is 29.2 Å². The van der Waals surface area contributed by atoms with Crippen LogP contribution in [0.3, 0.4) is 0 Å². The number of phenols is 1. The molecule has 0 saturated carbocycles. The van der Waals surface area contributed by atoms with Gasteiger partial charge < -0.3 is 19.5 Å². The average Bonchev–Trinajstić information content (AvgIpc) is 2.72. The Morgan fingerprint density at radius 1 is 1.38 bits per heavy atom. The van der Waals surface area contributed by atoms with Gasteiger partial charge in [-0.1, -0.05) is 18.7 Å². The standard InChI is InChI=1S/C16H21NO4/c1-11-9-17(15(19)21-16(2,3)4)10-14(11)20-13-8-6-5-7-12(13)18/h5-8,14,18H,1,9-10H2,2-4H3/t14-/m0/s1. The van der Waals surface area contributed by atoms with Crippen LogP contribution < -0.4 is 4.74 Å². The van der Waals surface area contributed by atoms with E-state index in [0.717, 1.165) is 5.57 Å². The van der Waals surface area contributed by atoms with Crippen LogP contribution in [0.15, 0.2) is 36.4 Å². The molecular weight excluding hydrogens is 270 g/mol. The highest BCUT2D eigenvalue weighted by Gasteiger charge is 2.33. The number of phenolic OH excluding ortho intramolecular Hbond substituents is 1. The van der Waals surface area contributed by atoms with Gasteiger partial charge in [0.2, 0.25) is 0 Å². The lowest BCUT2D eigenvalue weighted by Crippen LogP contribution is -2.36. The van der Waals surface area contributed by atoms with Crippen LogP contribution in [0.5, 0.6) is 11.5 Å². The molecule has 1 fully saturated rings. The zero-order valence-electron chi connectivity index (χ0n) is 12.6. The summed E-state index contributed by atoms with van der Waals surface area (Å²) in [5.74, 6) is 0.454. The lowest BCUT2D eigenvalue weighted by atomic mass is 10.2. The molecule has 2 rings (SSSR count). The quantitative estimate of drug-likeness (QED) is 0.851. The molecule has 0 aliphatic carbocycles. The second kappa shape index (κ2) is 5.68. The minimum atomic E-state index is -0.533. The normalized spacial score (nSPS) is 18.7. The molecule has 1 aromatic carbocycles. The van der Waals surface area contributed by atoms with Crippen molar-refractivity contribution in [3.8, 4) is 11.5 Å². The Bertz CT molecular complexity index is 547. The molecular formula is C16H21NO4. The summed E-state index contributed by atoms with van der Waals surface area (Å²) in [6.07, 6.45) is -0.724. The maximum atomic E-state index is 12.0. The van der Waals surface area contributed by atoms with Crippen molar-refractivity contribution in [3.63, 3.8) is 0 Å². The molecule has 5 heteroatoms. The summed E-state index contributed by atoms with van der Waals surface area (Å²) in [6.45, 7) is 10.2. The van der Waals surface area contributed by atoms with Gasteiger partial charge in [0.05, 0.1) is 6.54 Å². The van der Waals surface area contributed by atoms with Crippen molar-refractivity contribution in [2.45, 2.75) is 32.5 Å². The van der Waals surface area contributed by atoms with Gasteiger partial charge in [0.1, 0.15) is 11.7 Å². The van der Waals surface area contributed by atoms with Crippen LogP contribution in [0.4, 0.5) is 4.79 Å². The number of nitrogens with zero attached hydrogens (tertiary/aromatic N) is 1. The average molecular weight is 291 g/mol. The zero-order chi connectivity index (χ0) is 15.6. The van der Waals surface area contributed by atoms with Gasteiger partial charge in [-0.25, -0.2) is 4.79 Å². The van der Waals surface area contributed by atoms with Gasteiger partial charge in [-0.2, -0.15) is 0 Å². The van der Waals surface area contributed by atoms with Gasteiger partial charge in [-0.05, 0) is 38.5 Å². The van der Waals surface area contributed by atoms with Gasteiger partial charge >= 0.3 is 6.09 Å². The van der Waals surface area contributed by atoms with Crippen molar-refractivity contribution in [3.05, 3.63) is 36.4 Å². The summed E-state index contributed by atoms with van der Waals surface area (Å²) >= 11 is 0. The Labute approximate surface area is 124 Å². The van der Waals surface area contributed by atoms with E-state index in [1.807, 2.05) is 20.8 Å². The van der Waals surface area contributed by atoms with Crippen LogP contribution in [0.2, 0.25) is 0 Å². The van der Waals surface area contributed by atoms with Crippen molar-refractivity contribution < 1.29 is 19.4 Å². The molecule has 0 spiro atoms. The number of para-hydroxylation sites is 2. The molecule has 1 saturated heterocycles. The lowest BCUT2D eigenvalue weighted by molar-refractivity contribution is 0.0276. The van der Waals surface area contributed by atoms with Crippen molar-refractivity contribution in [1.29, 1.82) is 0 Å². The molecule has 21 heavy (non-hydrogen) atoms. The highest BCUT2D eigenvalue weighted by atomic mass is 16.6. The number of hydrogen-bond acceptors (Lipinski definition) is 4. The number of carbonyl (C=O) groups is 1. The number of likely N-dealkylation sites (tertiary alicyclic amines) is 1. The molecule has 5 nitrogen and oxygen atoms in total. The minimum Gasteiger partial charge on any atom is -0.504 e. The van der Waals surface area contributed by atoms with Crippen LogP contribution >= 0.6 is 0 Å². The summed E-state index contributed by atoms with van der Waals surface area (Å²) in [7, 11) is 0. The van der Waals surface area contributed by atoms with E-state index in [4.69, 9.17) is 9.47 Å². The predicted octanol–water partition coefficient (Wildman–Crippen LogP) is 2.95. The second-order valence-corrected chi connectivity index (χ2v) is 6.09. The Morgan fingerprint density at radius 3 is 2.67 bits per heavy atom. The Balaban J connectivity index is 2.00. The molecule has 0 bridgehead atoms. The van der Waals surface area contributed by atoms with Crippen LogP contribution in [-0.2, 0) is 4.74 Å². The monoisotopic (exact) mass is 291 g/mol. The second-order valence-electron chi connectivity index (χ2n) is 6.09. The number of rotatable bonds is 2. The van der Waals surface area contributed by atoms with E-state index in [9.17, 15) is 9.90 Å². The molecule has 0 aromatic heterocycles. The molecule has 1 atom stereocenters. The number of hydrogen-bond donors (Lipinski definition) is 1. The summed E-state index contributed by atoms with van der Waals surface area (Å²) in [5, 5.41) is 9.73. The van der Waals surface area contributed by atoms with E-state index in [1.165, 1.54) is 0 Å². The fourth-order valence-electron chi connectivity index (χ4n) is 2.04. The predicted molar refractivity (Wildman–Crippen MR) is 79.5 cm³/mol. The van der Waals surface area contributed by atoms with E-state index >= 15 is 0 Å². The summed E-state index contributed by atoms with van der Waals surface area (Å²) in [4.78, 5) is 13.6. The van der Waals surface area contributed by atoms with E-state index in [2.05, 4.69) is 6.58 Å². The first-order valence-electron chi connectivity index (χ1n) is 6.86. The number of aromatic hydroxyl groups is 1. The van der Waals surface area contributed by atoms with Gasteiger partial charge in [0, 0.05) is 6.54 Å². The molecule has 1 amide bonds. The van der Waals surface area contributed by atoms with Crippen LogP contribution in [0.25, 0.3) is 0 Å². The highest BCUT2D eigenvalue weighted by molar-refractivity contribution is 5.69. The third-order valence-electron chi connectivity index (χ3n) is 3.02. The number of carbonyl (C=O) groups excluding carboxylic acids is 1. The van der Waals surface area contributed by atoms with Crippen molar-refractivity contribution in [2.75, 3.05) is 13.1 Å². The fourth-order valence-corrected chi connectivity index (χ4v) is 2.04. The fraction of sp³-hybridized carbons (Fsp3) is 0.438. The first-order valence-corrected chi connectivity index (χ1v) is 6.86. The minimum absolute atomic E-state index is 0.0704. The Morgan fingerprint density at radius 2 is 2.05 bits per heavy atom.